The Bertz CT molecular complexity index is 539. The predicted octanol–water partition coefficient (Wildman–Crippen LogP) is 2.54. The van der Waals surface area contributed by atoms with Gasteiger partial charge in [0.15, 0.2) is 0 Å². The fourth-order valence-electron chi connectivity index (χ4n) is 2.49. The maximum atomic E-state index is 11.4. The van der Waals surface area contributed by atoms with Gasteiger partial charge in [0.2, 0.25) is 5.88 Å². The lowest BCUT2D eigenvalue weighted by molar-refractivity contribution is -0.149. The minimum absolute atomic E-state index is 0.0296. The third-order valence-electron chi connectivity index (χ3n) is 3.98. The molecule has 1 aliphatic rings. The summed E-state index contributed by atoms with van der Waals surface area (Å²) in [6, 6.07) is 0. The monoisotopic (exact) mass is 262 g/mol. The number of carboxylic acid groups (broad SMARTS) is 1. The highest BCUT2D eigenvalue weighted by Gasteiger charge is 2.38. The zero-order chi connectivity index (χ0) is 14.0. The number of hydrogen-bond donors (Lipinski definition) is 2. The van der Waals surface area contributed by atoms with Crippen molar-refractivity contribution in [1.82, 2.24) is 9.97 Å². The molecule has 19 heavy (non-hydrogen) atoms. The summed E-state index contributed by atoms with van der Waals surface area (Å²) in [6.45, 7) is 3.62. The summed E-state index contributed by atoms with van der Waals surface area (Å²) in [4.78, 5) is 19.4. The van der Waals surface area contributed by atoms with Crippen molar-refractivity contribution in [3.63, 3.8) is 0 Å². The van der Waals surface area contributed by atoms with Gasteiger partial charge in [0, 0.05) is 6.20 Å². The number of nitrogens with zero attached hydrogens (tertiary/aromatic N) is 2. The molecule has 0 spiro atoms. The van der Waals surface area contributed by atoms with Crippen LogP contribution in [0.1, 0.15) is 44.0 Å². The van der Waals surface area contributed by atoms with Crippen molar-refractivity contribution in [3.8, 4) is 5.88 Å². The van der Waals surface area contributed by atoms with Crippen molar-refractivity contribution in [2.75, 3.05) is 0 Å². The largest absolute Gasteiger partial charge is 0.493 e. The van der Waals surface area contributed by atoms with Crippen LogP contribution in [0.3, 0.4) is 0 Å². The number of carboxylic acids is 1. The molecular formula is C14H18N2O3. The smallest absolute Gasteiger partial charge is 0.309 e. The minimum atomic E-state index is -0.741. The lowest BCUT2D eigenvalue weighted by Crippen LogP contribution is -2.31. The molecule has 1 atom stereocenters. The van der Waals surface area contributed by atoms with Gasteiger partial charge >= 0.3 is 5.97 Å². The summed E-state index contributed by atoms with van der Waals surface area (Å²) in [5.74, 6) is -0.251. The van der Waals surface area contributed by atoms with Crippen molar-refractivity contribution < 1.29 is 15.0 Å². The number of hydrogen-bond acceptors (Lipinski definition) is 4. The van der Waals surface area contributed by atoms with Crippen LogP contribution in [0.4, 0.5) is 0 Å². The van der Waals surface area contributed by atoms with E-state index in [1.54, 1.807) is 13.1 Å². The molecule has 1 heterocycles. The molecule has 1 aromatic heterocycles. The number of allylic oxidation sites excluding steroid dienone is 2. The molecular weight excluding hydrogens is 244 g/mol. The average Bonchev–Trinajstić information content (AvgIpc) is 2.39. The Morgan fingerprint density at radius 3 is 2.74 bits per heavy atom. The van der Waals surface area contributed by atoms with Gasteiger partial charge in [-0.3, -0.25) is 4.79 Å². The number of aliphatic carboxylic acids is 1. The van der Waals surface area contributed by atoms with E-state index < -0.39 is 11.4 Å². The molecule has 0 aromatic carbocycles. The second kappa shape index (κ2) is 4.99. The molecule has 0 saturated heterocycles. The average molecular weight is 262 g/mol. The fourth-order valence-corrected chi connectivity index (χ4v) is 2.49. The van der Waals surface area contributed by atoms with E-state index in [9.17, 15) is 15.0 Å². The van der Waals surface area contributed by atoms with E-state index in [1.807, 2.05) is 13.0 Å². The second-order valence-electron chi connectivity index (χ2n) is 5.03. The molecule has 5 heteroatoms. The van der Waals surface area contributed by atoms with Gasteiger partial charge < -0.3 is 10.2 Å². The van der Waals surface area contributed by atoms with E-state index in [-0.39, 0.29) is 5.88 Å². The standard InChI is InChI=1S/C14H18N2O3/c1-3-14(13(18)19)6-4-10(5-7-14)11-8-15-9(2)16-12(11)17/h4,8H,3,5-7H2,1-2H3,(H,18,19)(H,15,16,17). The first-order chi connectivity index (χ1) is 8.98. The Morgan fingerprint density at radius 1 is 1.53 bits per heavy atom. The Kier molecular flexibility index (Phi) is 3.55. The summed E-state index contributed by atoms with van der Waals surface area (Å²) in [7, 11) is 0. The lowest BCUT2D eigenvalue weighted by atomic mass is 9.72. The zero-order valence-electron chi connectivity index (χ0n) is 11.2. The normalized spacial score (nSPS) is 22.9. The topological polar surface area (TPSA) is 83.3 Å². The first-order valence-corrected chi connectivity index (χ1v) is 6.44. The molecule has 1 aromatic rings. The number of rotatable bonds is 3. The Balaban J connectivity index is 2.28. The summed E-state index contributed by atoms with van der Waals surface area (Å²) in [5, 5.41) is 19.2. The predicted molar refractivity (Wildman–Crippen MR) is 70.6 cm³/mol. The van der Waals surface area contributed by atoms with E-state index in [0.717, 1.165) is 5.57 Å². The first kappa shape index (κ1) is 13.5. The third-order valence-corrected chi connectivity index (χ3v) is 3.98. The van der Waals surface area contributed by atoms with Gasteiger partial charge in [-0.2, -0.15) is 4.98 Å². The number of aromatic nitrogens is 2. The van der Waals surface area contributed by atoms with Crippen molar-refractivity contribution in [1.29, 1.82) is 0 Å². The lowest BCUT2D eigenvalue weighted by Gasteiger charge is -2.31. The third kappa shape index (κ3) is 2.45. The van der Waals surface area contributed by atoms with Gasteiger partial charge in [-0.1, -0.05) is 13.0 Å². The summed E-state index contributed by atoms with van der Waals surface area (Å²) in [6.07, 6.45) is 5.81. The minimum Gasteiger partial charge on any atom is -0.493 e. The molecule has 5 nitrogen and oxygen atoms in total. The van der Waals surface area contributed by atoms with Crippen LogP contribution in [0, 0.1) is 12.3 Å². The maximum Gasteiger partial charge on any atom is 0.309 e. The quantitative estimate of drug-likeness (QED) is 0.874. The SMILES string of the molecule is CCC1(C(=O)O)CC=C(c2cnc(C)nc2O)CC1. The van der Waals surface area contributed by atoms with Crippen molar-refractivity contribution in [2.45, 2.75) is 39.5 Å². The number of aromatic hydroxyl groups is 1. The molecule has 0 fully saturated rings. The van der Waals surface area contributed by atoms with E-state index >= 15 is 0 Å². The summed E-state index contributed by atoms with van der Waals surface area (Å²) in [5.41, 5.74) is 0.883. The second-order valence-corrected chi connectivity index (χ2v) is 5.03. The maximum absolute atomic E-state index is 11.4. The molecule has 102 valence electrons. The van der Waals surface area contributed by atoms with Crippen LogP contribution in [-0.4, -0.2) is 26.2 Å². The van der Waals surface area contributed by atoms with Crippen LogP contribution < -0.4 is 0 Å². The van der Waals surface area contributed by atoms with Crippen LogP contribution in [0.5, 0.6) is 5.88 Å². The van der Waals surface area contributed by atoms with Gasteiger partial charge in [0.05, 0.1) is 11.0 Å². The first-order valence-electron chi connectivity index (χ1n) is 6.44. The van der Waals surface area contributed by atoms with E-state index in [2.05, 4.69) is 9.97 Å². The fraction of sp³-hybridized carbons (Fsp3) is 0.500. The highest BCUT2D eigenvalue weighted by Crippen LogP contribution is 2.42. The van der Waals surface area contributed by atoms with Gasteiger partial charge in [-0.05, 0) is 38.2 Å². The Labute approximate surface area is 112 Å². The Hall–Kier alpha value is -1.91. The molecule has 2 rings (SSSR count). The molecule has 0 saturated carbocycles. The number of aryl methyl sites for hydroxylation is 1. The Morgan fingerprint density at radius 2 is 2.26 bits per heavy atom. The highest BCUT2D eigenvalue weighted by molar-refractivity contribution is 5.78. The van der Waals surface area contributed by atoms with Gasteiger partial charge in [0.25, 0.3) is 0 Å². The molecule has 0 amide bonds. The van der Waals surface area contributed by atoms with Crippen LogP contribution >= 0.6 is 0 Å². The van der Waals surface area contributed by atoms with Gasteiger partial charge in [0.1, 0.15) is 5.82 Å². The van der Waals surface area contributed by atoms with E-state index in [1.165, 1.54) is 0 Å². The van der Waals surface area contributed by atoms with Crippen LogP contribution in [0.25, 0.3) is 5.57 Å². The highest BCUT2D eigenvalue weighted by atomic mass is 16.4. The van der Waals surface area contributed by atoms with E-state index in [0.29, 0.717) is 37.1 Å². The number of carbonyl (C=O) groups is 1. The molecule has 0 bridgehead atoms. The summed E-state index contributed by atoms with van der Waals surface area (Å²) < 4.78 is 0. The molecule has 0 aliphatic heterocycles. The molecule has 1 aliphatic carbocycles. The van der Waals surface area contributed by atoms with Gasteiger partial charge in [-0.25, -0.2) is 4.98 Å². The molecule has 1 unspecified atom stereocenters. The van der Waals surface area contributed by atoms with Gasteiger partial charge in [-0.15, -0.1) is 0 Å². The van der Waals surface area contributed by atoms with Crippen molar-refractivity contribution >= 4 is 11.5 Å². The molecule has 0 radical (unpaired) electrons. The van der Waals surface area contributed by atoms with Crippen LogP contribution in [0.15, 0.2) is 12.3 Å². The summed E-state index contributed by atoms with van der Waals surface area (Å²) >= 11 is 0. The van der Waals surface area contributed by atoms with Crippen molar-refractivity contribution in [2.24, 2.45) is 5.41 Å². The van der Waals surface area contributed by atoms with E-state index in [4.69, 9.17) is 0 Å². The van der Waals surface area contributed by atoms with Crippen molar-refractivity contribution in [3.05, 3.63) is 23.7 Å². The van der Waals surface area contributed by atoms with Crippen LogP contribution in [0.2, 0.25) is 0 Å². The van der Waals surface area contributed by atoms with Crippen LogP contribution in [-0.2, 0) is 4.79 Å². The molecule has 2 N–H and O–H groups in total. The zero-order valence-corrected chi connectivity index (χ0v) is 11.2.